The zero-order chi connectivity index (χ0) is 20.7. The second kappa shape index (κ2) is 7.29. The number of hydrogen-bond acceptors (Lipinski definition) is 6. The van der Waals surface area contributed by atoms with Gasteiger partial charge in [-0.3, -0.25) is 4.79 Å². The molecule has 0 unspecified atom stereocenters. The van der Waals surface area contributed by atoms with E-state index in [-0.39, 0.29) is 5.91 Å². The average Bonchev–Trinajstić information content (AvgIpc) is 3.48. The maximum Gasteiger partial charge on any atom is 0.257 e. The van der Waals surface area contributed by atoms with E-state index in [2.05, 4.69) is 30.3 Å². The van der Waals surface area contributed by atoms with Gasteiger partial charge < -0.3 is 19.7 Å². The lowest BCUT2D eigenvalue weighted by molar-refractivity contribution is 0.102. The summed E-state index contributed by atoms with van der Waals surface area (Å²) in [6.07, 6.45) is 4.02. The predicted octanol–water partition coefficient (Wildman–Crippen LogP) is 4.08. The Morgan fingerprint density at radius 3 is 2.70 bits per heavy atom. The highest BCUT2D eigenvalue weighted by Crippen LogP contribution is 2.27. The smallest absolute Gasteiger partial charge is 0.257 e. The highest BCUT2D eigenvalue weighted by molar-refractivity contribution is 6.05. The van der Waals surface area contributed by atoms with Gasteiger partial charge in [-0.15, -0.1) is 0 Å². The maximum absolute atomic E-state index is 12.7. The molecule has 0 aliphatic carbocycles. The molecule has 0 saturated carbocycles. The Kier molecular flexibility index (Phi) is 4.46. The Hall–Kier alpha value is -3.68. The molecule has 152 valence electrons. The molecule has 0 atom stereocenters. The fourth-order valence-corrected chi connectivity index (χ4v) is 3.88. The molecule has 2 N–H and O–H groups in total. The topological polar surface area (TPSA) is 99.9 Å². The molecule has 1 aliphatic heterocycles. The van der Waals surface area contributed by atoms with Crippen LogP contribution < -0.4 is 10.2 Å². The van der Waals surface area contributed by atoms with Crippen molar-refractivity contribution in [1.82, 2.24) is 20.1 Å². The van der Waals surface area contributed by atoms with Gasteiger partial charge in [-0.25, -0.2) is 9.97 Å². The molecule has 8 nitrogen and oxygen atoms in total. The predicted molar refractivity (Wildman–Crippen MR) is 115 cm³/mol. The number of nitrogens with zero attached hydrogens (tertiary/aromatic N) is 4. The SMILES string of the molecule is Cc1noc(C)c1-c1nc2ccc(NC(=O)c3ccc(N4CCCC4)nc3)cc2[nH]1. The van der Waals surface area contributed by atoms with Crippen LogP contribution in [0, 0.1) is 13.8 Å². The highest BCUT2D eigenvalue weighted by Gasteiger charge is 2.17. The van der Waals surface area contributed by atoms with E-state index in [1.165, 1.54) is 12.8 Å². The van der Waals surface area contributed by atoms with E-state index in [9.17, 15) is 4.79 Å². The van der Waals surface area contributed by atoms with Crippen LogP contribution >= 0.6 is 0 Å². The van der Waals surface area contributed by atoms with E-state index in [1.807, 2.05) is 44.2 Å². The number of amides is 1. The number of carbonyl (C=O) groups excluding carboxylic acids is 1. The van der Waals surface area contributed by atoms with Gasteiger partial charge in [-0.05, 0) is 57.0 Å². The summed E-state index contributed by atoms with van der Waals surface area (Å²) in [5, 5.41) is 6.92. The van der Waals surface area contributed by atoms with Crippen LogP contribution in [0.2, 0.25) is 0 Å². The van der Waals surface area contributed by atoms with Crippen molar-refractivity contribution >= 4 is 28.4 Å². The molecule has 0 spiro atoms. The lowest BCUT2D eigenvalue weighted by Crippen LogP contribution is -2.19. The first-order chi connectivity index (χ1) is 14.6. The Morgan fingerprint density at radius 2 is 2.00 bits per heavy atom. The van der Waals surface area contributed by atoms with Crippen molar-refractivity contribution in [3.63, 3.8) is 0 Å². The first kappa shape index (κ1) is 18.4. The van der Waals surface area contributed by atoms with E-state index in [4.69, 9.17) is 4.52 Å². The van der Waals surface area contributed by atoms with Crippen LogP contribution in [-0.2, 0) is 0 Å². The minimum atomic E-state index is -0.194. The van der Waals surface area contributed by atoms with Crippen LogP contribution in [0.25, 0.3) is 22.4 Å². The number of nitrogens with one attached hydrogen (secondary N) is 2. The molecule has 4 heterocycles. The quantitative estimate of drug-likeness (QED) is 0.533. The number of benzene rings is 1. The minimum Gasteiger partial charge on any atom is -0.361 e. The Balaban J connectivity index is 1.35. The van der Waals surface area contributed by atoms with Gasteiger partial charge in [0.2, 0.25) is 0 Å². The molecule has 1 aliphatic rings. The normalized spacial score (nSPS) is 13.9. The van der Waals surface area contributed by atoms with E-state index in [0.29, 0.717) is 22.8 Å². The third kappa shape index (κ3) is 3.30. The van der Waals surface area contributed by atoms with Crippen molar-refractivity contribution in [3.05, 3.63) is 53.5 Å². The van der Waals surface area contributed by atoms with Gasteiger partial charge in [0.05, 0.1) is 27.9 Å². The third-order valence-electron chi connectivity index (χ3n) is 5.45. The number of aromatic nitrogens is 4. The summed E-state index contributed by atoms with van der Waals surface area (Å²) in [6, 6.07) is 9.31. The Morgan fingerprint density at radius 1 is 1.17 bits per heavy atom. The number of pyridine rings is 1. The lowest BCUT2D eigenvalue weighted by Gasteiger charge is -2.16. The molecule has 1 aromatic carbocycles. The Labute approximate surface area is 173 Å². The van der Waals surface area contributed by atoms with Crippen molar-refractivity contribution in [2.45, 2.75) is 26.7 Å². The van der Waals surface area contributed by atoms with Crippen LogP contribution in [0.3, 0.4) is 0 Å². The molecule has 0 bridgehead atoms. The molecular formula is C22H22N6O2. The van der Waals surface area contributed by atoms with Crippen LogP contribution in [0.5, 0.6) is 0 Å². The fourth-order valence-electron chi connectivity index (χ4n) is 3.88. The van der Waals surface area contributed by atoms with Crippen molar-refractivity contribution in [2.24, 2.45) is 0 Å². The molecule has 4 aromatic rings. The molecule has 0 radical (unpaired) electrons. The van der Waals surface area contributed by atoms with Crippen LogP contribution in [0.1, 0.15) is 34.7 Å². The summed E-state index contributed by atoms with van der Waals surface area (Å²) in [4.78, 5) is 27.3. The summed E-state index contributed by atoms with van der Waals surface area (Å²) >= 11 is 0. The summed E-state index contributed by atoms with van der Waals surface area (Å²) in [5.41, 5.74) is 4.49. The van der Waals surface area contributed by atoms with Crippen LogP contribution in [0.4, 0.5) is 11.5 Å². The van der Waals surface area contributed by atoms with Gasteiger partial charge in [0, 0.05) is 25.0 Å². The van der Waals surface area contributed by atoms with Gasteiger partial charge in [0.25, 0.3) is 5.91 Å². The molecule has 8 heteroatoms. The molecule has 30 heavy (non-hydrogen) atoms. The molecule has 3 aromatic heterocycles. The van der Waals surface area contributed by atoms with E-state index < -0.39 is 0 Å². The number of rotatable bonds is 4. The zero-order valence-electron chi connectivity index (χ0n) is 16.9. The van der Waals surface area contributed by atoms with E-state index in [1.54, 1.807) is 6.20 Å². The monoisotopic (exact) mass is 402 g/mol. The van der Waals surface area contributed by atoms with Gasteiger partial charge in [-0.1, -0.05) is 5.16 Å². The number of aryl methyl sites for hydroxylation is 2. The number of aromatic amines is 1. The highest BCUT2D eigenvalue weighted by atomic mass is 16.5. The number of H-pyrrole nitrogens is 1. The Bertz CT molecular complexity index is 1200. The molecule has 1 fully saturated rings. The molecular weight excluding hydrogens is 380 g/mol. The molecule has 5 rings (SSSR count). The van der Waals surface area contributed by atoms with Crippen LogP contribution in [-0.4, -0.2) is 39.1 Å². The minimum absolute atomic E-state index is 0.194. The van der Waals surface area contributed by atoms with Gasteiger partial charge in [-0.2, -0.15) is 0 Å². The maximum atomic E-state index is 12.7. The number of carbonyl (C=O) groups is 1. The first-order valence-corrected chi connectivity index (χ1v) is 10.0. The van der Waals surface area contributed by atoms with Gasteiger partial charge >= 0.3 is 0 Å². The van der Waals surface area contributed by atoms with Crippen molar-refractivity contribution in [3.8, 4) is 11.4 Å². The number of fused-ring (bicyclic) bond motifs is 1. The second-order valence-electron chi connectivity index (χ2n) is 7.57. The van der Waals surface area contributed by atoms with Gasteiger partial charge in [0.15, 0.2) is 0 Å². The third-order valence-corrected chi connectivity index (χ3v) is 5.45. The lowest BCUT2D eigenvalue weighted by atomic mass is 10.2. The number of hydrogen-bond donors (Lipinski definition) is 2. The molecule has 1 amide bonds. The zero-order valence-corrected chi connectivity index (χ0v) is 16.9. The second-order valence-corrected chi connectivity index (χ2v) is 7.57. The summed E-state index contributed by atoms with van der Waals surface area (Å²) in [7, 11) is 0. The van der Waals surface area contributed by atoms with Gasteiger partial charge in [0.1, 0.15) is 17.4 Å². The van der Waals surface area contributed by atoms with Crippen molar-refractivity contribution < 1.29 is 9.32 Å². The standard InChI is InChI=1S/C22H22N6O2/c1-13-20(14(2)30-27-13)21-25-17-7-6-16(11-18(17)26-21)24-22(29)15-5-8-19(23-12-15)28-9-3-4-10-28/h5-8,11-12H,3-4,9-10H2,1-2H3,(H,24,29)(H,25,26). The van der Waals surface area contributed by atoms with Crippen molar-refractivity contribution in [2.75, 3.05) is 23.3 Å². The summed E-state index contributed by atoms with van der Waals surface area (Å²) in [5.74, 6) is 2.14. The molecule has 1 saturated heterocycles. The number of imidazole rings is 1. The first-order valence-electron chi connectivity index (χ1n) is 10.0. The number of anilines is 2. The largest absolute Gasteiger partial charge is 0.361 e. The summed E-state index contributed by atoms with van der Waals surface area (Å²) in [6.45, 7) is 5.79. The summed E-state index contributed by atoms with van der Waals surface area (Å²) < 4.78 is 5.24. The average molecular weight is 402 g/mol. The van der Waals surface area contributed by atoms with Crippen LogP contribution in [0.15, 0.2) is 41.1 Å². The van der Waals surface area contributed by atoms with E-state index >= 15 is 0 Å². The van der Waals surface area contributed by atoms with Crippen molar-refractivity contribution in [1.29, 1.82) is 0 Å². The fraction of sp³-hybridized carbons (Fsp3) is 0.273. The van der Waals surface area contributed by atoms with E-state index in [0.717, 1.165) is 41.2 Å².